The van der Waals surface area contributed by atoms with Gasteiger partial charge in [0, 0.05) is 19.4 Å². The van der Waals surface area contributed by atoms with Crippen molar-refractivity contribution >= 4 is 6.09 Å². The summed E-state index contributed by atoms with van der Waals surface area (Å²) in [5.74, 6) is -0.425. The summed E-state index contributed by atoms with van der Waals surface area (Å²) in [6, 6.07) is 9.75. The molecule has 1 amide bonds. The Bertz CT molecular complexity index is 881. The fourth-order valence-electron chi connectivity index (χ4n) is 3.85. The minimum Gasteiger partial charge on any atom is -0.438 e. The first-order valence-corrected chi connectivity index (χ1v) is 9.63. The van der Waals surface area contributed by atoms with Gasteiger partial charge in [0.05, 0.1) is 17.7 Å². The van der Waals surface area contributed by atoms with Crippen molar-refractivity contribution < 1.29 is 32.2 Å². The third kappa shape index (κ3) is 4.59. The van der Waals surface area contributed by atoms with E-state index in [2.05, 4.69) is 0 Å². The second-order valence-corrected chi connectivity index (χ2v) is 7.66. The Morgan fingerprint density at radius 3 is 2.20 bits per heavy atom. The Kier molecular flexibility index (Phi) is 6.08. The van der Waals surface area contributed by atoms with Gasteiger partial charge in [-0.05, 0) is 49.2 Å². The number of cyclic esters (lactones) is 1. The summed E-state index contributed by atoms with van der Waals surface area (Å²) in [4.78, 5) is 14.3. The van der Waals surface area contributed by atoms with Gasteiger partial charge in [0.1, 0.15) is 11.4 Å². The van der Waals surface area contributed by atoms with Crippen LogP contribution in [0.5, 0.6) is 0 Å². The highest BCUT2D eigenvalue weighted by molar-refractivity contribution is 5.70. The number of rotatable bonds is 5. The zero-order valence-corrected chi connectivity index (χ0v) is 16.6. The van der Waals surface area contributed by atoms with Crippen LogP contribution in [0.15, 0.2) is 48.5 Å². The van der Waals surface area contributed by atoms with Gasteiger partial charge >= 0.3 is 12.3 Å². The first-order valence-electron chi connectivity index (χ1n) is 9.63. The molecule has 3 rings (SSSR count). The molecule has 0 bridgehead atoms. The Labute approximate surface area is 172 Å². The van der Waals surface area contributed by atoms with E-state index in [-0.39, 0.29) is 13.0 Å². The SMILES string of the molecule is CC(O)C[C@]1(c2ccc(F)cc2)CCN([C@@H](C)c2ccc(C(F)(F)F)cc2)C(=O)O1. The van der Waals surface area contributed by atoms with Crippen LogP contribution in [0.1, 0.15) is 49.4 Å². The number of aliphatic hydroxyl groups is 1. The molecule has 0 spiro atoms. The molecular formula is C22H23F4NO3. The van der Waals surface area contributed by atoms with Gasteiger partial charge in [-0.2, -0.15) is 13.2 Å². The zero-order chi connectivity index (χ0) is 22.1. The summed E-state index contributed by atoms with van der Waals surface area (Å²) in [6.07, 6.45) is -5.34. The topological polar surface area (TPSA) is 49.8 Å². The number of carbonyl (C=O) groups is 1. The number of aliphatic hydroxyl groups excluding tert-OH is 1. The van der Waals surface area contributed by atoms with E-state index >= 15 is 0 Å². The summed E-state index contributed by atoms with van der Waals surface area (Å²) in [5.41, 5.74) is -0.730. The van der Waals surface area contributed by atoms with Crippen molar-refractivity contribution in [2.24, 2.45) is 0 Å². The number of benzene rings is 2. The maximum Gasteiger partial charge on any atom is 0.416 e. The van der Waals surface area contributed by atoms with E-state index in [9.17, 15) is 27.5 Å². The lowest BCUT2D eigenvalue weighted by molar-refractivity contribution is -0.137. The molecular weight excluding hydrogens is 402 g/mol. The van der Waals surface area contributed by atoms with Gasteiger partial charge in [-0.1, -0.05) is 24.3 Å². The summed E-state index contributed by atoms with van der Waals surface area (Å²) in [7, 11) is 0. The van der Waals surface area contributed by atoms with Crippen LogP contribution < -0.4 is 0 Å². The van der Waals surface area contributed by atoms with Crippen LogP contribution in [0.3, 0.4) is 0 Å². The fraction of sp³-hybridized carbons (Fsp3) is 0.409. The molecule has 2 aromatic rings. The van der Waals surface area contributed by atoms with Gasteiger partial charge in [-0.25, -0.2) is 9.18 Å². The Balaban J connectivity index is 1.81. The standard InChI is InChI=1S/C22H23F4NO3/c1-14(28)13-21(17-7-9-19(23)10-8-17)11-12-27(20(29)30-21)15(2)16-3-5-18(6-4-16)22(24,25)26/h3-10,14-15,28H,11-13H2,1-2H3/t14?,15-,21-/m0/s1. The molecule has 1 heterocycles. The molecule has 3 atom stereocenters. The average Bonchev–Trinajstić information content (AvgIpc) is 2.67. The summed E-state index contributed by atoms with van der Waals surface area (Å²) in [5, 5.41) is 9.95. The Morgan fingerprint density at radius 2 is 1.70 bits per heavy atom. The van der Waals surface area contributed by atoms with Crippen LogP contribution in [-0.2, 0) is 16.5 Å². The number of ether oxygens (including phenoxy) is 1. The van der Waals surface area contributed by atoms with Crippen LogP contribution in [0, 0.1) is 5.82 Å². The number of hydrogen-bond acceptors (Lipinski definition) is 3. The predicted molar refractivity (Wildman–Crippen MR) is 102 cm³/mol. The van der Waals surface area contributed by atoms with Crippen molar-refractivity contribution in [2.75, 3.05) is 6.54 Å². The molecule has 0 aliphatic carbocycles. The molecule has 8 heteroatoms. The highest BCUT2D eigenvalue weighted by atomic mass is 19.4. The lowest BCUT2D eigenvalue weighted by Crippen LogP contribution is -2.49. The molecule has 1 fully saturated rings. The van der Waals surface area contributed by atoms with Crippen molar-refractivity contribution in [3.05, 3.63) is 71.0 Å². The van der Waals surface area contributed by atoms with Crippen LogP contribution >= 0.6 is 0 Å². The molecule has 0 aromatic heterocycles. The molecule has 162 valence electrons. The van der Waals surface area contributed by atoms with Crippen LogP contribution in [-0.4, -0.2) is 28.7 Å². The van der Waals surface area contributed by atoms with Crippen LogP contribution in [0.4, 0.5) is 22.4 Å². The van der Waals surface area contributed by atoms with Gasteiger partial charge in [0.25, 0.3) is 0 Å². The maximum atomic E-state index is 13.3. The molecule has 1 unspecified atom stereocenters. The van der Waals surface area contributed by atoms with Crippen molar-refractivity contribution in [3.63, 3.8) is 0 Å². The van der Waals surface area contributed by atoms with Crippen LogP contribution in [0.25, 0.3) is 0 Å². The summed E-state index contributed by atoms with van der Waals surface area (Å²) in [6.45, 7) is 3.56. The number of hydrogen-bond donors (Lipinski definition) is 1. The summed E-state index contributed by atoms with van der Waals surface area (Å²) < 4.78 is 57.5. The second-order valence-electron chi connectivity index (χ2n) is 7.66. The van der Waals surface area contributed by atoms with Gasteiger partial charge in [0.15, 0.2) is 0 Å². The van der Waals surface area contributed by atoms with E-state index < -0.39 is 41.4 Å². The van der Waals surface area contributed by atoms with E-state index in [0.29, 0.717) is 17.5 Å². The molecule has 1 aliphatic heterocycles. The highest BCUT2D eigenvalue weighted by Gasteiger charge is 2.44. The van der Waals surface area contributed by atoms with E-state index in [1.54, 1.807) is 13.8 Å². The van der Waals surface area contributed by atoms with Gasteiger partial charge in [-0.15, -0.1) is 0 Å². The fourth-order valence-corrected chi connectivity index (χ4v) is 3.85. The molecule has 1 aliphatic rings. The van der Waals surface area contributed by atoms with E-state index in [4.69, 9.17) is 4.74 Å². The third-order valence-electron chi connectivity index (χ3n) is 5.46. The second kappa shape index (κ2) is 8.26. The average molecular weight is 425 g/mol. The molecule has 30 heavy (non-hydrogen) atoms. The van der Waals surface area contributed by atoms with Gasteiger partial charge in [-0.3, -0.25) is 0 Å². The Morgan fingerprint density at radius 1 is 1.10 bits per heavy atom. The highest BCUT2D eigenvalue weighted by Crippen LogP contribution is 2.40. The zero-order valence-electron chi connectivity index (χ0n) is 16.6. The van der Waals surface area contributed by atoms with E-state index in [1.165, 1.54) is 41.3 Å². The van der Waals surface area contributed by atoms with Crippen molar-refractivity contribution in [1.29, 1.82) is 0 Å². The quantitative estimate of drug-likeness (QED) is 0.652. The van der Waals surface area contributed by atoms with Gasteiger partial charge < -0.3 is 14.7 Å². The molecule has 0 radical (unpaired) electrons. The predicted octanol–water partition coefficient (Wildman–Crippen LogP) is 5.41. The minimum atomic E-state index is -4.43. The van der Waals surface area contributed by atoms with E-state index in [1.807, 2.05) is 0 Å². The normalized spacial score (nSPS) is 21.8. The smallest absolute Gasteiger partial charge is 0.416 e. The van der Waals surface area contributed by atoms with Crippen molar-refractivity contribution in [1.82, 2.24) is 4.90 Å². The summed E-state index contributed by atoms with van der Waals surface area (Å²) >= 11 is 0. The number of alkyl halides is 3. The first kappa shape index (κ1) is 22.1. The van der Waals surface area contributed by atoms with Crippen LogP contribution in [0.2, 0.25) is 0 Å². The largest absolute Gasteiger partial charge is 0.438 e. The lowest BCUT2D eigenvalue weighted by Gasteiger charge is -2.44. The van der Waals surface area contributed by atoms with Gasteiger partial charge in [0.2, 0.25) is 0 Å². The first-order chi connectivity index (χ1) is 14.0. The minimum absolute atomic E-state index is 0.146. The van der Waals surface area contributed by atoms with Crippen molar-refractivity contribution in [3.8, 4) is 0 Å². The number of nitrogens with zero attached hydrogens (tertiary/aromatic N) is 1. The monoisotopic (exact) mass is 425 g/mol. The molecule has 2 aromatic carbocycles. The number of halogens is 4. The maximum absolute atomic E-state index is 13.3. The Hall–Kier alpha value is -2.61. The number of amides is 1. The molecule has 4 nitrogen and oxygen atoms in total. The molecule has 1 saturated heterocycles. The molecule has 0 saturated carbocycles. The number of carbonyl (C=O) groups excluding carboxylic acids is 1. The third-order valence-corrected chi connectivity index (χ3v) is 5.46. The van der Waals surface area contributed by atoms with E-state index in [0.717, 1.165) is 12.1 Å². The lowest BCUT2D eigenvalue weighted by atomic mass is 9.84. The van der Waals surface area contributed by atoms with Crippen molar-refractivity contribution in [2.45, 2.75) is 50.6 Å². The molecule has 1 N–H and O–H groups in total.